The predicted molar refractivity (Wildman–Crippen MR) is 88.6 cm³/mol. The number of carbonyl (C=O) groups is 1. The summed E-state index contributed by atoms with van der Waals surface area (Å²) in [7, 11) is 0. The van der Waals surface area contributed by atoms with Gasteiger partial charge in [0.05, 0.1) is 0 Å². The zero-order valence-corrected chi connectivity index (χ0v) is 13.9. The maximum atomic E-state index is 11.9. The van der Waals surface area contributed by atoms with Crippen molar-refractivity contribution in [2.45, 2.75) is 57.8 Å². The van der Waals surface area contributed by atoms with Gasteiger partial charge < -0.3 is 10.6 Å². The number of nitrogens with one attached hydrogen (secondary N) is 2. The molecule has 0 aromatic carbocycles. The Morgan fingerprint density at radius 2 is 1.86 bits per heavy atom. The fourth-order valence-electron chi connectivity index (χ4n) is 4.72. The maximum Gasteiger partial charge on any atom is 0.220 e. The van der Waals surface area contributed by atoms with Crippen LogP contribution in [0.25, 0.3) is 0 Å². The molecular formula is C17H31ClN2O. The highest BCUT2D eigenvalue weighted by Gasteiger charge is 2.38. The molecule has 0 aromatic heterocycles. The summed E-state index contributed by atoms with van der Waals surface area (Å²) in [5, 5.41) is 6.53. The van der Waals surface area contributed by atoms with Crippen molar-refractivity contribution in [3.8, 4) is 0 Å². The Morgan fingerprint density at radius 3 is 2.52 bits per heavy atom. The molecule has 122 valence electrons. The topological polar surface area (TPSA) is 41.1 Å². The van der Waals surface area contributed by atoms with Crippen molar-refractivity contribution in [1.82, 2.24) is 10.6 Å². The molecule has 2 aliphatic carbocycles. The van der Waals surface area contributed by atoms with Gasteiger partial charge in [-0.3, -0.25) is 4.79 Å². The third-order valence-corrected chi connectivity index (χ3v) is 5.96. The summed E-state index contributed by atoms with van der Waals surface area (Å²) >= 11 is 0. The second kappa shape index (κ2) is 8.38. The Bertz CT molecular complexity index is 331. The van der Waals surface area contributed by atoms with Gasteiger partial charge in [-0.2, -0.15) is 0 Å². The van der Waals surface area contributed by atoms with E-state index in [1.807, 2.05) is 0 Å². The average Bonchev–Trinajstić information content (AvgIpc) is 3.09. The zero-order valence-electron chi connectivity index (χ0n) is 13.1. The van der Waals surface area contributed by atoms with E-state index in [-0.39, 0.29) is 18.3 Å². The summed E-state index contributed by atoms with van der Waals surface area (Å²) in [6, 6.07) is 0. The van der Waals surface area contributed by atoms with Gasteiger partial charge in [0.25, 0.3) is 0 Å². The molecule has 1 aliphatic heterocycles. The van der Waals surface area contributed by atoms with Gasteiger partial charge in [0, 0.05) is 13.0 Å². The van der Waals surface area contributed by atoms with Gasteiger partial charge in [0.15, 0.2) is 0 Å². The molecule has 0 spiro atoms. The van der Waals surface area contributed by atoms with Crippen LogP contribution in [0, 0.1) is 23.7 Å². The number of hydrogen-bond donors (Lipinski definition) is 2. The van der Waals surface area contributed by atoms with E-state index in [1.165, 1.54) is 44.9 Å². The van der Waals surface area contributed by atoms with Gasteiger partial charge >= 0.3 is 0 Å². The number of hydrogen-bond acceptors (Lipinski definition) is 2. The van der Waals surface area contributed by atoms with Gasteiger partial charge in [-0.1, -0.05) is 6.42 Å². The molecule has 3 fully saturated rings. The molecule has 1 heterocycles. The molecule has 3 unspecified atom stereocenters. The summed E-state index contributed by atoms with van der Waals surface area (Å²) < 4.78 is 0. The molecule has 2 saturated carbocycles. The maximum absolute atomic E-state index is 11.9. The molecule has 0 aromatic rings. The number of rotatable bonds is 6. The lowest BCUT2D eigenvalue weighted by Crippen LogP contribution is -2.30. The molecule has 4 heteroatoms. The predicted octanol–water partition coefficient (Wildman–Crippen LogP) is 3.13. The highest BCUT2D eigenvalue weighted by atomic mass is 35.5. The van der Waals surface area contributed by atoms with Crippen molar-refractivity contribution in [1.29, 1.82) is 0 Å². The SMILES string of the molecule is Cl.O=C(CCC1CCNCC1)NCCC1CC2CCC1C2. The van der Waals surface area contributed by atoms with Gasteiger partial charge in [-0.25, -0.2) is 0 Å². The highest BCUT2D eigenvalue weighted by Crippen LogP contribution is 2.49. The molecular weight excluding hydrogens is 284 g/mol. The molecule has 1 saturated heterocycles. The summed E-state index contributed by atoms with van der Waals surface area (Å²) in [6.45, 7) is 3.19. The smallest absolute Gasteiger partial charge is 0.220 e. The van der Waals surface area contributed by atoms with Crippen LogP contribution < -0.4 is 10.6 Å². The van der Waals surface area contributed by atoms with Crippen molar-refractivity contribution in [2.24, 2.45) is 23.7 Å². The van der Waals surface area contributed by atoms with Crippen molar-refractivity contribution in [3.63, 3.8) is 0 Å². The zero-order chi connectivity index (χ0) is 13.8. The first-order valence-corrected chi connectivity index (χ1v) is 8.78. The number of carbonyl (C=O) groups excluding carboxylic acids is 1. The Kier molecular flexibility index (Phi) is 6.81. The van der Waals surface area contributed by atoms with Gasteiger partial charge in [-0.15, -0.1) is 12.4 Å². The molecule has 0 radical (unpaired) electrons. The Balaban J connectivity index is 0.00000161. The summed E-state index contributed by atoms with van der Waals surface area (Å²) in [4.78, 5) is 11.9. The summed E-state index contributed by atoms with van der Waals surface area (Å²) in [5.41, 5.74) is 0. The van der Waals surface area contributed by atoms with Crippen LogP contribution in [0.4, 0.5) is 0 Å². The van der Waals surface area contributed by atoms with Crippen LogP contribution in [0.1, 0.15) is 57.8 Å². The van der Waals surface area contributed by atoms with Crippen LogP contribution in [0.15, 0.2) is 0 Å². The average molecular weight is 315 g/mol. The first-order chi connectivity index (χ1) is 9.81. The fourth-order valence-corrected chi connectivity index (χ4v) is 4.72. The molecule has 3 nitrogen and oxygen atoms in total. The molecule has 2 bridgehead atoms. The minimum Gasteiger partial charge on any atom is -0.356 e. The number of fused-ring (bicyclic) bond motifs is 2. The second-order valence-electron chi connectivity index (χ2n) is 7.31. The molecule has 2 N–H and O–H groups in total. The van der Waals surface area contributed by atoms with E-state index in [9.17, 15) is 4.79 Å². The molecule has 3 atom stereocenters. The quantitative estimate of drug-likeness (QED) is 0.791. The Hall–Kier alpha value is -0.280. The van der Waals surface area contributed by atoms with E-state index < -0.39 is 0 Å². The van der Waals surface area contributed by atoms with Crippen LogP contribution in [-0.2, 0) is 4.79 Å². The lowest BCUT2D eigenvalue weighted by Gasteiger charge is -2.23. The van der Waals surface area contributed by atoms with Gasteiger partial charge in [0.1, 0.15) is 0 Å². The number of piperidine rings is 1. The summed E-state index contributed by atoms with van der Waals surface area (Å²) in [5.74, 6) is 3.99. The number of halogens is 1. The third-order valence-electron chi connectivity index (χ3n) is 5.96. The van der Waals surface area contributed by atoms with E-state index in [0.717, 1.165) is 56.1 Å². The minimum absolute atomic E-state index is 0. The van der Waals surface area contributed by atoms with E-state index in [4.69, 9.17) is 0 Å². The van der Waals surface area contributed by atoms with E-state index in [0.29, 0.717) is 0 Å². The Morgan fingerprint density at radius 1 is 1.05 bits per heavy atom. The fraction of sp³-hybridized carbons (Fsp3) is 0.941. The number of amides is 1. The lowest BCUT2D eigenvalue weighted by atomic mass is 9.86. The van der Waals surface area contributed by atoms with Crippen LogP contribution in [-0.4, -0.2) is 25.5 Å². The first-order valence-electron chi connectivity index (χ1n) is 8.78. The van der Waals surface area contributed by atoms with Gasteiger partial charge in [-0.05, 0) is 81.7 Å². The molecule has 21 heavy (non-hydrogen) atoms. The van der Waals surface area contributed by atoms with Crippen LogP contribution in [0.5, 0.6) is 0 Å². The molecule has 1 amide bonds. The first kappa shape index (κ1) is 17.1. The largest absolute Gasteiger partial charge is 0.356 e. The minimum atomic E-state index is 0. The van der Waals surface area contributed by atoms with Crippen molar-refractivity contribution < 1.29 is 4.79 Å². The van der Waals surface area contributed by atoms with Crippen LogP contribution >= 0.6 is 12.4 Å². The third kappa shape index (κ3) is 4.85. The van der Waals surface area contributed by atoms with Crippen molar-refractivity contribution >= 4 is 18.3 Å². The van der Waals surface area contributed by atoms with Gasteiger partial charge in [0.2, 0.25) is 5.91 Å². The van der Waals surface area contributed by atoms with E-state index >= 15 is 0 Å². The van der Waals surface area contributed by atoms with E-state index in [2.05, 4.69) is 10.6 Å². The lowest BCUT2D eigenvalue weighted by molar-refractivity contribution is -0.121. The van der Waals surface area contributed by atoms with Crippen LogP contribution in [0.3, 0.4) is 0 Å². The van der Waals surface area contributed by atoms with E-state index in [1.54, 1.807) is 0 Å². The Labute approximate surface area is 135 Å². The normalized spacial score (nSPS) is 31.9. The molecule has 3 rings (SSSR count). The van der Waals surface area contributed by atoms with Crippen molar-refractivity contribution in [3.05, 3.63) is 0 Å². The van der Waals surface area contributed by atoms with Crippen molar-refractivity contribution in [2.75, 3.05) is 19.6 Å². The van der Waals surface area contributed by atoms with Crippen LogP contribution in [0.2, 0.25) is 0 Å². The standard InChI is InChI=1S/C17H30N2O.ClH/c20-17(4-2-13-5-8-18-9-6-13)19-10-7-16-12-14-1-3-15(16)11-14;/h13-16,18H,1-12H2,(H,19,20);1H. The highest BCUT2D eigenvalue weighted by molar-refractivity contribution is 5.85. The molecule has 3 aliphatic rings. The summed E-state index contributed by atoms with van der Waals surface area (Å²) in [6.07, 6.45) is 11.4. The second-order valence-corrected chi connectivity index (χ2v) is 7.31. The monoisotopic (exact) mass is 314 g/mol.